The predicted octanol–water partition coefficient (Wildman–Crippen LogP) is 3.45. The minimum Gasteiger partial charge on any atom is -0.376 e. The molecule has 3 aromatic rings. The Morgan fingerprint density at radius 2 is 1.72 bits per heavy atom. The first-order valence-electron chi connectivity index (χ1n) is 9.96. The lowest BCUT2D eigenvalue weighted by atomic mass is 10.1. The summed E-state index contributed by atoms with van der Waals surface area (Å²) in [6.45, 7) is 8.54. The van der Waals surface area contributed by atoms with Crippen LogP contribution >= 0.6 is 0 Å². The lowest BCUT2D eigenvalue weighted by Gasteiger charge is -2.37. The van der Waals surface area contributed by atoms with E-state index in [-0.39, 0.29) is 29.7 Å². The van der Waals surface area contributed by atoms with E-state index in [1.165, 1.54) is 23.2 Å². The average Bonchev–Trinajstić information content (AvgIpc) is 3.28. The number of amides is 1. The first-order valence-corrected chi connectivity index (χ1v) is 9.96. The van der Waals surface area contributed by atoms with E-state index in [0.29, 0.717) is 24.3 Å². The van der Waals surface area contributed by atoms with Crippen LogP contribution in [0.5, 0.6) is 0 Å². The Morgan fingerprint density at radius 1 is 1.03 bits per heavy atom. The summed E-state index contributed by atoms with van der Waals surface area (Å²) in [5, 5.41) is 9.53. The maximum Gasteiger partial charge on any atom is 0.295 e. The number of fused-ring (bicyclic) bond motifs is 1. The summed E-state index contributed by atoms with van der Waals surface area (Å²) in [6.07, 6.45) is 1.36. The van der Waals surface area contributed by atoms with Crippen molar-refractivity contribution in [3.8, 4) is 6.07 Å². The molecule has 1 saturated heterocycles. The third kappa shape index (κ3) is 3.70. The second-order valence-corrected chi connectivity index (χ2v) is 7.26. The normalized spacial score (nSPS) is 14.5. The van der Waals surface area contributed by atoms with Gasteiger partial charge in [-0.3, -0.25) is 9.59 Å². The fourth-order valence-electron chi connectivity index (χ4n) is 3.91. The van der Waals surface area contributed by atoms with E-state index >= 15 is 0 Å². The van der Waals surface area contributed by atoms with E-state index in [4.69, 9.17) is 6.57 Å². The number of benzene rings is 2. The number of nitrogens with zero attached hydrogens (tertiary/aromatic N) is 4. The van der Waals surface area contributed by atoms with E-state index < -0.39 is 17.5 Å². The summed E-state index contributed by atoms with van der Waals surface area (Å²) >= 11 is 0. The number of carbonyl (C=O) groups excluding carboxylic acids is 2. The Kier molecular flexibility index (Phi) is 5.69. The number of aromatic amines is 1. The van der Waals surface area contributed by atoms with Crippen molar-refractivity contribution in [3.63, 3.8) is 0 Å². The van der Waals surface area contributed by atoms with Crippen LogP contribution in [-0.2, 0) is 4.79 Å². The van der Waals surface area contributed by atoms with Gasteiger partial charge >= 0.3 is 0 Å². The number of aromatic nitrogens is 1. The van der Waals surface area contributed by atoms with Crippen LogP contribution < -0.4 is 0 Å². The maximum absolute atomic E-state index is 14.2. The number of hydrogen-bond acceptors (Lipinski definition) is 4. The van der Waals surface area contributed by atoms with Crippen LogP contribution in [0.3, 0.4) is 0 Å². The van der Waals surface area contributed by atoms with Crippen LogP contribution in [0, 0.1) is 23.7 Å². The molecule has 2 aromatic carbocycles. The zero-order valence-corrected chi connectivity index (χ0v) is 17.0. The van der Waals surface area contributed by atoms with Crippen molar-refractivity contribution in [3.05, 3.63) is 88.8 Å². The number of nitrogens with one attached hydrogen (secondary N) is 1. The van der Waals surface area contributed by atoms with E-state index in [0.717, 1.165) is 5.56 Å². The summed E-state index contributed by atoms with van der Waals surface area (Å²) in [4.78, 5) is 35.2. The van der Waals surface area contributed by atoms with Gasteiger partial charge in [-0.1, -0.05) is 36.4 Å². The molecule has 7 nitrogen and oxygen atoms in total. The van der Waals surface area contributed by atoms with Gasteiger partial charge in [0.25, 0.3) is 17.4 Å². The molecule has 8 heteroatoms. The average molecular weight is 427 g/mol. The number of H-pyrrole nitrogens is 1. The Hall–Kier alpha value is -4.43. The van der Waals surface area contributed by atoms with Crippen LogP contribution in [0.25, 0.3) is 21.4 Å². The second-order valence-electron chi connectivity index (χ2n) is 7.26. The van der Waals surface area contributed by atoms with Crippen LogP contribution in [0.4, 0.5) is 4.39 Å². The van der Waals surface area contributed by atoms with E-state index in [1.807, 2.05) is 41.3 Å². The number of hydrogen-bond donors (Lipinski definition) is 1. The van der Waals surface area contributed by atoms with Gasteiger partial charge in [0.1, 0.15) is 5.82 Å². The first-order chi connectivity index (χ1) is 15.5. The van der Waals surface area contributed by atoms with Gasteiger partial charge in [-0.05, 0) is 17.7 Å². The first kappa shape index (κ1) is 20.8. The number of piperazine rings is 1. The summed E-state index contributed by atoms with van der Waals surface area (Å²) < 4.78 is 14.2. The number of nitriles is 1. The van der Waals surface area contributed by atoms with Gasteiger partial charge in [-0.2, -0.15) is 0 Å². The van der Waals surface area contributed by atoms with Crippen molar-refractivity contribution in [2.75, 3.05) is 26.2 Å². The second kappa shape index (κ2) is 8.75. The van der Waals surface area contributed by atoms with Gasteiger partial charge in [-0.15, -0.1) is 0 Å². The van der Waals surface area contributed by atoms with Crippen molar-refractivity contribution >= 4 is 28.3 Å². The molecule has 32 heavy (non-hydrogen) atoms. The molecule has 4 rings (SSSR count). The molecular formula is C24H18FN5O2. The molecular weight excluding hydrogens is 409 g/mol. The largest absolute Gasteiger partial charge is 0.376 e. The molecule has 1 aliphatic rings. The molecule has 0 unspecified atom stereocenters. The summed E-state index contributed by atoms with van der Waals surface area (Å²) in [5.41, 5.74) is 1.69. The minimum atomic E-state index is -0.771. The molecule has 0 radical (unpaired) electrons. The number of allylic oxidation sites excluding steroid dienone is 1. The van der Waals surface area contributed by atoms with E-state index in [9.17, 15) is 19.2 Å². The molecule has 0 aliphatic carbocycles. The quantitative estimate of drug-likeness (QED) is 0.299. The molecule has 1 aromatic heterocycles. The summed E-state index contributed by atoms with van der Waals surface area (Å²) in [5.74, 6) is -2.04. The third-order valence-corrected chi connectivity index (χ3v) is 5.47. The molecule has 0 bridgehead atoms. The highest BCUT2D eigenvalue weighted by Crippen LogP contribution is 2.26. The SMILES string of the molecule is [C-]#[N+]/C(C#N)=C(/c1ccccc1)N1CCN(C(=O)C(=O)c2c[nH]c3cccc(F)c23)CC1. The Labute approximate surface area is 183 Å². The fraction of sp³-hybridized carbons (Fsp3) is 0.167. The number of halogens is 1. The minimum absolute atomic E-state index is 0.00942. The van der Waals surface area contributed by atoms with Crippen LogP contribution in [0.15, 0.2) is 60.4 Å². The van der Waals surface area contributed by atoms with Crippen molar-refractivity contribution < 1.29 is 14.0 Å². The zero-order chi connectivity index (χ0) is 22.7. The predicted molar refractivity (Wildman–Crippen MR) is 116 cm³/mol. The fourth-order valence-corrected chi connectivity index (χ4v) is 3.91. The molecule has 2 heterocycles. The molecule has 1 N–H and O–H groups in total. The van der Waals surface area contributed by atoms with Gasteiger partial charge < -0.3 is 14.8 Å². The molecule has 1 amide bonds. The molecule has 0 atom stereocenters. The zero-order valence-electron chi connectivity index (χ0n) is 17.0. The van der Waals surface area contributed by atoms with Gasteiger partial charge in [0.15, 0.2) is 0 Å². The smallest absolute Gasteiger partial charge is 0.295 e. The van der Waals surface area contributed by atoms with E-state index in [2.05, 4.69) is 9.83 Å². The van der Waals surface area contributed by atoms with Crippen molar-refractivity contribution in [1.82, 2.24) is 14.8 Å². The third-order valence-electron chi connectivity index (χ3n) is 5.47. The molecule has 0 saturated carbocycles. The number of Topliss-reactive ketones (excluding diaryl/α,β-unsaturated/α-hetero) is 1. The van der Waals surface area contributed by atoms with Crippen LogP contribution in [0.2, 0.25) is 0 Å². The Bertz CT molecular complexity index is 1290. The maximum atomic E-state index is 14.2. The highest BCUT2D eigenvalue weighted by molar-refractivity contribution is 6.44. The van der Waals surface area contributed by atoms with Gasteiger partial charge in [0.2, 0.25) is 0 Å². The molecule has 0 spiro atoms. The summed E-state index contributed by atoms with van der Waals surface area (Å²) in [7, 11) is 0. The lowest BCUT2D eigenvalue weighted by molar-refractivity contribution is -0.127. The Balaban J connectivity index is 1.53. The highest BCUT2D eigenvalue weighted by atomic mass is 19.1. The molecule has 158 valence electrons. The van der Waals surface area contributed by atoms with Crippen LogP contribution in [-0.4, -0.2) is 52.7 Å². The lowest BCUT2D eigenvalue weighted by Crippen LogP contribution is -2.50. The Morgan fingerprint density at radius 3 is 2.38 bits per heavy atom. The van der Waals surface area contributed by atoms with Gasteiger partial charge in [0, 0.05) is 43.3 Å². The van der Waals surface area contributed by atoms with Crippen molar-refractivity contribution in [2.45, 2.75) is 0 Å². The van der Waals surface area contributed by atoms with Gasteiger partial charge in [0.05, 0.1) is 23.9 Å². The van der Waals surface area contributed by atoms with Crippen molar-refractivity contribution in [2.24, 2.45) is 0 Å². The van der Waals surface area contributed by atoms with Crippen molar-refractivity contribution in [1.29, 1.82) is 5.26 Å². The van der Waals surface area contributed by atoms with E-state index in [1.54, 1.807) is 6.07 Å². The van der Waals surface area contributed by atoms with Crippen LogP contribution in [0.1, 0.15) is 15.9 Å². The van der Waals surface area contributed by atoms with Gasteiger partial charge in [-0.25, -0.2) is 14.5 Å². The number of rotatable bonds is 4. The number of ketones is 1. The molecule has 1 fully saturated rings. The number of carbonyl (C=O) groups is 2. The molecule has 1 aliphatic heterocycles. The topological polar surface area (TPSA) is 84.6 Å². The highest BCUT2D eigenvalue weighted by Gasteiger charge is 2.30. The standard InChI is InChI=1S/C24H18FN5O2/c1-27-20(14-26)22(16-6-3-2-4-7-16)29-10-12-30(13-11-29)24(32)23(31)17-15-28-19-9-5-8-18(25)21(17)19/h2-9,15,28H,10-13H2/b22-20-. The monoisotopic (exact) mass is 427 g/mol. The summed E-state index contributed by atoms with van der Waals surface area (Å²) in [6, 6.07) is 15.5.